The van der Waals surface area contributed by atoms with Crippen LogP contribution in [0, 0.1) is 5.82 Å². The molecule has 1 saturated heterocycles. The predicted molar refractivity (Wildman–Crippen MR) is 151 cm³/mol. The van der Waals surface area contributed by atoms with Gasteiger partial charge >= 0.3 is 0 Å². The van der Waals surface area contributed by atoms with E-state index in [2.05, 4.69) is 30.0 Å². The molecule has 11 heteroatoms. The van der Waals surface area contributed by atoms with E-state index in [-0.39, 0.29) is 5.82 Å². The fraction of sp³-hybridized carbons (Fsp3) is 0.207. The molecule has 0 atom stereocenters. The maximum absolute atomic E-state index is 14.7. The van der Waals surface area contributed by atoms with Crippen LogP contribution in [0.15, 0.2) is 61.2 Å². The van der Waals surface area contributed by atoms with Crippen LogP contribution in [0.5, 0.6) is 5.75 Å². The highest BCUT2D eigenvalue weighted by molar-refractivity contribution is 5.96. The number of rotatable bonds is 7. The average Bonchev–Trinajstić information content (AvgIpc) is 3.72. The minimum Gasteiger partial charge on any atom is -0.492 e. The summed E-state index contributed by atoms with van der Waals surface area (Å²) in [6, 6.07) is 10.3. The van der Waals surface area contributed by atoms with E-state index in [1.165, 1.54) is 25.0 Å². The molecule has 200 valence electrons. The average molecular weight is 536 g/mol. The number of halogens is 1. The number of H-pyrrole nitrogens is 2. The van der Waals surface area contributed by atoms with Crippen molar-refractivity contribution in [2.75, 3.05) is 32.0 Å². The lowest BCUT2D eigenvalue weighted by atomic mass is 10.1. The number of nitrogens with zero attached hydrogens (tertiary/aromatic N) is 6. The normalized spacial score (nSPS) is 13.9. The Hall–Kier alpha value is -4.90. The SMILES string of the molecule is Nc1cncc(-c2ccc3[nH]nc(-c4nc5c(-c6cc(F)cc(OCCN7CCCC7)c6)cncc5[nH]4)c3n2)c1. The summed E-state index contributed by atoms with van der Waals surface area (Å²) in [7, 11) is 0. The van der Waals surface area contributed by atoms with Crippen molar-refractivity contribution in [1.29, 1.82) is 0 Å². The number of hydrogen-bond donors (Lipinski definition) is 3. The fourth-order valence-electron chi connectivity index (χ4n) is 5.18. The number of imidazole rings is 1. The third-order valence-electron chi connectivity index (χ3n) is 7.14. The molecule has 1 fully saturated rings. The van der Waals surface area contributed by atoms with Gasteiger partial charge in [0.2, 0.25) is 0 Å². The molecule has 6 heterocycles. The highest BCUT2D eigenvalue weighted by atomic mass is 19.1. The summed E-state index contributed by atoms with van der Waals surface area (Å²) in [6.07, 6.45) is 9.12. The molecule has 5 aromatic heterocycles. The quantitative estimate of drug-likeness (QED) is 0.265. The van der Waals surface area contributed by atoms with Crippen LogP contribution in [-0.2, 0) is 0 Å². The van der Waals surface area contributed by atoms with Gasteiger partial charge in [-0.3, -0.25) is 20.0 Å². The van der Waals surface area contributed by atoms with Crippen molar-refractivity contribution in [2.45, 2.75) is 12.8 Å². The Morgan fingerprint density at radius 3 is 2.65 bits per heavy atom. The molecule has 1 aliphatic heterocycles. The Morgan fingerprint density at radius 2 is 1.77 bits per heavy atom. The van der Waals surface area contributed by atoms with Gasteiger partial charge in [0.25, 0.3) is 0 Å². The van der Waals surface area contributed by atoms with E-state index in [9.17, 15) is 4.39 Å². The standard InChI is InChI=1S/C29H26FN9O/c30-19-9-17(11-21(12-19)40-8-7-39-5-1-2-6-39)22-15-33-16-25-26(22)36-29(35-25)28-27-24(37-38-28)4-3-23(34-27)18-10-20(31)14-32-13-18/h3-4,9-16H,1-2,5-8,31H2,(H,35,36)(H,37,38). The molecule has 1 aromatic carbocycles. The third kappa shape index (κ3) is 4.60. The molecule has 0 aliphatic carbocycles. The van der Waals surface area contributed by atoms with E-state index >= 15 is 0 Å². The van der Waals surface area contributed by atoms with Crippen molar-refractivity contribution >= 4 is 27.8 Å². The van der Waals surface area contributed by atoms with Crippen molar-refractivity contribution in [3.63, 3.8) is 0 Å². The first kappa shape index (κ1) is 24.2. The van der Waals surface area contributed by atoms with Gasteiger partial charge in [-0.05, 0) is 61.8 Å². The lowest BCUT2D eigenvalue weighted by molar-refractivity contribution is 0.237. The number of nitrogens with two attached hydrogens (primary N) is 1. The first-order valence-electron chi connectivity index (χ1n) is 13.2. The highest BCUT2D eigenvalue weighted by Gasteiger charge is 2.18. The molecule has 0 saturated carbocycles. The Balaban J connectivity index is 1.23. The largest absolute Gasteiger partial charge is 0.492 e. The fourth-order valence-corrected chi connectivity index (χ4v) is 5.18. The number of hydrogen-bond acceptors (Lipinski definition) is 8. The summed E-state index contributed by atoms with van der Waals surface area (Å²) in [4.78, 5) is 23.9. The number of likely N-dealkylation sites (tertiary alicyclic amines) is 1. The second-order valence-electron chi connectivity index (χ2n) is 9.91. The van der Waals surface area contributed by atoms with Gasteiger partial charge in [0.05, 0.1) is 34.1 Å². The molecular weight excluding hydrogens is 509 g/mol. The lowest BCUT2D eigenvalue weighted by Gasteiger charge is -2.15. The zero-order chi connectivity index (χ0) is 27.1. The molecule has 7 rings (SSSR count). The van der Waals surface area contributed by atoms with Crippen molar-refractivity contribution in [3.8, 4) is 39.7 Å². The summed E-state index contributed by atoms with van der Waals surface area (Å²) in [5.74, 6) is 0.616. The first-order chi connectivity index (χ1) is 19.6. The zero-order valence-electron chi connectivity index (χ0n) is 21.6. The summed E-state index contributed by atoms with van der Waals surface area (Å²) >= 11 is 0. The summed E-state index contributed by atoms with van der Waals surface area (Å²) < 4.78 is 20.6. The van der Waals surface area contributed by atoms with E-state index in [1.54, 1.807) is 24.8 Å². The highest BCUT2D eigenvalue weighted by Crippen LogP contribution is 2.33. The van der Waals surface area contributed by atoms with E-state index in [4.69, 9.17) is 20.4 Å². The van der Waals surface area contributed by atoms with Gasteiger partial charge in [0.15, 0.2) is 11.5 Å². The van der Waals surface area contributed by atoms with Crippen LogP contribution >= 0.6 is 0 Å². The van der Waals surface area contributed by atoms with Crippen LogP contribution in [0.4, 0.5) is 10.1 Å². The molecule has 0 amide bonds. The van der Waals surface area contributed by atoms with Crippen LogP contribution < -0.4 is 10.5 Å². The van der Waals surface area contributed by atoms with Gasteiger partial charge in [0.1, 0.15) is 23.7 Å². The predicted octanol–water partition coefficient (Wildman–Crippen LogP) is 4.82. The Bertz CT molecular complexity index is 1840. The number of pyridine rings is 3. The number of benzene rings is 1. The van der Waals surface area contributed by atoms with Crippen molar-refractivity contribution in [2.24, 2.45) is 0 Å². The maximum Gasteiger partial charge on any atom is 0.161 e. The van der Waals surface area contributed by atoms with Crippen LogP contribution in [-0.4, -0.2) is 66.3 Å². The minimum absolute atomic E-state index is 0.382. The van der Waals surface area contributed by atoms with Gasteiger partial charge < -0.3 is 15.5 Å². The van der Waals surface area contributed by atoms with E-state index in [0.717, 1.165) is 30.7 Å². The summed E-state index contributed by atoms with van der Waals surface area (Å²) in [5, 5.41) is 7.51. The van der Waals surface area contributed by atoms with Crippen LogP contribution in [0.25, 0.3) is 56.0 Å². The molecule has 10 nitrogen and oxygen atoms in total. The number of anilines is 1. The van der Waals surface area contributed by atoms with Crippen molar-refractivity contribution in [3.05, 3.63) is 67.0 Å². The molecule has 4 N–H and O–H groups in total. The van der Waals surface area contributed by atoms with E-state index in [0.29, 0.717) is 62.9 Å². The molecule has 0 spiro atoms. The Labute approximate surface area is 228 Å². The number of nitrogens with one attached hydrogen (secondary N) is 2. The molecule has 0 unspecified atom stereocenters. The van der Waals surface area contributed by atoms with Crippen molar-refractivity contribution in [1.82, 2.24) is 40.0 Å². The van der Waals surface area contributed by atoms with Gasteiger partial charge in [-0.1, -0.05) is 0 Å². The van der Waals surface area contributed by atoms with Gasteiger partial charge in [-0.25, -0.2) is 14.4 Å². The molecule has 0 bridgehead atoms. The minimum atomic E-state index is -0.382. The third-order valence-corrected chi connectivity index (χ3v) is 7.14. The van der Waals surface area contributed by atoms with Gasteiger partial charge in [0, 0.05) is 42.3 Å². The Kier molecular flexibility index (Phi) is 6.05. The van der Waals surface area contributed by atoms with Gasteiger partial charge in [-0.15, -0.1) is 0 Å². The molecule has 0 radical (unpaired) electrons. The monoisotopic (exact) mass is 535 g/mol. The maximum atomic E-state index is 14.7. The smallest absolute Gasteiger partial charge is 0.161 e. The molecular formula is C29H26FN9O. The number of nitrogen functional groups attached to an aromatic ring is 1. The summed E-state index contributed by atoms with van der Waals surface area (Å²) in [6.45, 7) is 3.51. The van der Waals surface area contributed by atoms with E-state index < -0.39 is 0 Å². The Morgan fingerprint density at radius 1 is 0.900 bits per heavy atom. The second kappa shape index (κ2) is 10.0. The molecule has 40 heavy (non-hydrogen) atoms. The van der Waals surface area contributed by atoms with Crippen molar-refractivity contribution < 1.29 is 9.13 Å². The van der Waals surface area contributed by atoms with Crippen LogP contribution in [0.3, 0.4) is 0 Å². The number of fused-ring (bicyclic) bond motifs is 2. The second-order valence-corrected chi connectivity index (χ2v) is 9.91. The van der Waals surface area contributed by atoms with E-state index in [1.807, 2.05) is 24.3 Å². The molecule has 1 aliphatic rings. The number of aromatic nitrogens is 7. The van der Waals surface area contributed by atoms with Crippen LogP contribution in [0.1, 0.15) is 12.8 Å². The lowest BCUT2D eigenvalue weighted by Crippen LogP contribution is -2.25. The first-order valence-corrected chi connectivity index (χ1v) is 13.2. The zero-order valence-corrected chi connectivity index (χ0v) is 21.6. The number of ether oxygens (including phenoxy) is 1. The number of aromatic amines is 2. The topological polar surface area (TPSA) is 135 Å². The van der Waals surface area contributed by atoms with Gasteiger partial charge in [-0.2, -0.15) is 5.10 Å². The summed E-state index contributed by atoms with van der Waals surface area (Å²) in [5.41, 5.74) is 12.6. The van der Waals surface area contributed by atoms with Crippen LogP contribution in [0.2, 0.25) is 0 Å². The molecule has 6 aromatic rings.